The summed E-state index contributed by atoms with van der Waals surface area (Å²) in [5.74, 6) is -0.209. The average molecular weight is 649 g/mol. The van der Waals surface area contributed by atoms with Crippen molar-refractivity contribution in [2.24, 2.45) is 0 Å². The SMILES string of the molecule is CC(=O)c1ccc(OCC2=C(C(=O)OC(c3ccccc3)c3ccccc3)N3C(=O)C(NC(=O)COc4ccccc4)[C@H]3SC2)cc1. The van der Waals surface area contributed by atoms with Crippen LogP contribution in [0.5, 0.6) is 11.5 Å². The molecule has 0 radical (unpaired) electrons. The number of rotatable bonds is 12. The van der Waals surface area contributed by atoms with Gasteiger partial charge in [-0.1, -0.05) is 78.9 Å². The second kappa shape index (κ2) is 14.4. The number of Topliss-reactive ketones (excluding diaryl/α,β-unsaturated/α-hetero) is 1. The second-order valence-electron chi connectivity index (χ2n) is 11.0. The first-order valence-corrected chi connectivity index (χ1v) is 16.1. The highest BCUT2D eigenvalue weighted by molar-refractivity contribution is 8.00. The lowest BCUT2D eigenvalue weighted by Crippen LogP contribution is -2.71. The van der Waals surface area contributed by atoms with Gasteiger partial charge in [-0.15, -0.1) is 11.8 Å². The van der Waals surface area contributed by atoms with Crippen LogP contribution in [0, 0.1) is 0 Å². The topological polar surface area (TPSA) is 111 Å². The third-order valence-electron chi connectivity index (χ3n) is 7.77. The number of β-lactam (4-membered cyclic amide) rings is 1. The van der Waals surface area contributed by atoms with E-state index in [0.29, 0.717) is 28.4 Å². The molecule has 4 aromatic rings. The van der Waals surface area contributed by atoms with E-state index in [-0.39, 0.29) is 24.7 Å². The Hall–Kier alpha value is -5.35. The minimum absolute atomic E-state index is 0.0105. The van der Waals surface area contributed by atoms with Crippen molar-refractivity contribution in [2.75, 3.05) is 19.0 Å². The Bertz CT molecular complexity index is 1740. The van der Waals surface area contributed by atoms with Crippen molar-refractivity contribution in [3.05, 3.63) is 143 Å². The first-order chi connectivity index (χ1) is 22.9. The normalized spacial score (nSPS) is 17.0. The van der Waals surface area contributed by atoms with Gasteiger partial charge >= 0.3 is 5.97 Å². The highest BCUT2D eigenvalue weighted by atomic mass is 32.2. The molecule has 2 aliphatic rings. The molecule has 1 fully saturated rings. The highest BCUT2D eigenvalue weighted by Gasteiger charge is 2.54. The predicted molar refractivity (Wildman–Crippen MR) is 177 cm³/mol. The van der Waals surface area contributed by atoms with E-state index in [1.165, 1.54) is 23.6 Å². The van der Waals surface area contributed by atoms with Gasteiger partial charge in [-0.05, 0) is 54.4 Å². The second-order valence-corrected chi connectivity index (χ2v) is 12.1. The summed E-state index contributed by atoms with van der Waals surface area (Å²) in [5.41, 5.74) is 2.77. The van der Waals surface area contributed by atoms with Crippen LogP contribution in [0.15, 0.2) is 127 Å². The molecule has 0 bridgehead atoms. The molecule has 0 spiro atoms. The summed E-state index contributed by atoms with van der Waals surface area (Å²) in [6.45, 7) is 1.24. The molecule has 238 valence electrons. The summed E-state index contributed by atoms with van der Waals surface area (Å²) in [5, 5.41) is 2.25. The van der Waals surface area contributed by atoms with Gasteiger partial charge in [0.1, 0.15) is 35.2 Å². The minimum Gasteiger partial charge on any atom is -0.489 e. The monoisotopic (exact) mass is 648 g/mol. The maximum atomic E-state index is 14.1. The number of carbonyl (C=O) groups excluding carboxylic acids is 4. The quantitative estimate of drug-likeness (QED) is 0.125. The molecule has 9 nitrogen and oxygen atoms in total. The molecular formula is C37H32N2O7S. The summed E-state index contributed by atoms with van der Waals surface area (Å²) in [6, 6.07) is 33.6. The molecule has 2 atom stereocenters. The number of benzene rings is 4. The lowest BCUT2D eigenvalue weighted by atomic mass is 10.0. The summed E-state index contributed by atoms with van der Waals surface area (Å²) in [4.78, 5) is 53.6. The van der Waals surface area contributed by atoms with Crippen LogP contribution in [-0.2, 0) is 19.1 Å². The fourth-order valence-electron chi connectivity index (χ4n) is 5.37. The van der Waals surface area contributed by atoms with Gasteiger partial charge in [0, 0.05) is 16.9 Å². The maximum absolute atomic E-state index is 14.1. The first-order valence-electron chi connectivity index (χ1n) is 15.1. The third kappa shape index (κ3) is 7.23. The predicted octanol–water partition coefficient (Wildman–Crippen LogP) is 5.33. The van der Waals surface area contributed by atoms with Crippen molar-refractivity contribution >= 4 is 35.3 Å². The van der Waals surface area contributed by atoms with Crippen molar-refractivity contribution in [3.63, 3.8) is 0 Å². The molecule has 1 N–H and O–H groups in total. The fraction of sp³-hybridized carbons (Fsp3) is 0.189. The van der Waals surface area contributed by atoms with E-state index in [0.717, 1.165) is 11.1 Å². The zero-order valence-electron chi connectivity index (χ0n) is 25.5. The first kappa shape index (κ1) is 31.6. The molecule has 10 heteroatoms. The van der Waals surface area contributed by atoms with Crippen molar-refractivity contribution in [1.82, 2.24) is 10.2 Å². The van der Waals surface area contributed by atoms with E-state index in [4.69, 9.17) is 14.2 Å². The highest BCUT2D eigenvalue weighted by Crippen LogP contribution is 2.42. The number of fused-ring (bicyclic) bond motifs is 1. The number of ether oxygens (including phenoxy) is 3. The molecule has 2 heterocycles. The molecular weight excluding hydrogens is 616 g/mol. The largest absolute Gasteiger partial charge is 0.489 e. The Balaban J connectivity index is 1.24. The van der Waals surface area contributed by atoms with Gasteiger partial charge in [0.25, 0.3) is 11.8 Å². The van der Waals surface area contributed by atoms with E-state index in [1.54, 1.807) is 48.5 Å². The van der Waals surface area contributed by atoms with Gasteiger partial charge in [-0.3, -0.25) is 19.3 Å². The Morgan fingerprint density at radius 3 is 1.98 bits per heavy atom. The van der Waals surface area contributed by atoms with Crippen LogP contribution in [0.4, 0.5) is 0 Å². The van der Waals surface area contributed by atoms with Crippen LogP contribution >= 0.6 is 11.8 Å². The molecule has 0 saturated carbocycles. The van der Waals surface area contributed by atoms with Gasteiger partial charge in [-0.25, -0.2) is 4.79 Å². The number of nitrogens with one attached hydrogen (secondary N) is 1. The lowest BCUT2D eigenvalue weighted by molar-refractivity contribution is -0.155. The average Bonchev–Trinajstić information content (AvgIpc) is 3.11. The molecule has 47 heavy (non-hydrogen) atoms. The standard InChI is InChI=1S/C37H32N2O7S/c1-24(40)25-17-19-30(20-18-25)44-21-28-23-47-36-32(38-31(41)22-45-29-15-9-4-10-16-29)35(42)39(36)33(28)37(43)46-34(26-11-5-2-6-12-26)27-13-7-3-8-14-27/h2-20,32,34,36H,21-23H2,1H3,(H,38,41)/t32?,36-/m1/s1. The summed E-state index contributed by atoms with van der Waals surface area (Å²) >= 11 is 1.42. The van der Waals surface area contributed by atoms with E-state index < -0.39 is 35.3 Å². The number of nitrogens with zero attached hydrogens (tertiary/aromatic N) is 1. The number of hydrogen-bond acceptors (Lipinski definition) is 8. The van der Waals surface area contributed by atoms with Crippen LogP contribution in [-0.4, -0.2) is 58.8 Å². The number of hydrogen-bond donors (Lipinski definition) is 1. The van der Waals surface area contributed by atoms with Gasteiger partial charge in [-0.2, -0.15) is 0 Å². The minimum atomic E-state index is -0.838. The van der Waals surface area contributed by atoms with Crippen LogP contribution in [0.1, 0.15) is 34.5 Å². The molecule has 1 unspecified atom stereocenters. The Morgan fingerprint density at radius 1 is 0.809 bits per heavy atom. The molecule has 1 saturated heterocycles. The summed E-state index contributed by atoms with van der Waals surface area (Å²) in [7, 11) is 0. The molecule has 2 aliphatic heterocycles. The van der Waals surface area contributed by atoms with Crippen LogP contribution in [0.25, 0.3) is 0 Å². The van der Waals surface area contributed by atoms with Crippen LogP contribution in [0.2, 0.25) is 0 Å². The van der Waals surface area contributed by atoms with Crippen molar-refractivity contribution in [2.45, 2.75) is 24.4 Å². The number of esters is 1. The van der Waals surface area contributed by atoms with E-state index in [1.807, 2.05) is 66.7 Å². The fourth-order valence-corrected chi connectivity index (χ4v) is 6.69. The van der Waals surface area contributed by atoms with Gasteiger partial charge in [0.05, 0.1) is 0 Å². The number of amides is 2. The van der Waals surface area contributed by atoms with Crippen LogP contribution in [0.3, 0.4) is 0 Å². The van der Waals surface area contributed by atoms with Gasteiger partial charge in [0.15, 0.2) is 18.5 Å². The summed E-state index contributed by atoms with van der Waals surface area (Å²) < 4.78 is 17.8. The maximum Gasteiger partial charge on any atom is 0.356 e. The Kier molecular flexibility index (Phi) is 9.68. The lowest BCUT2D eigenvalue weighted by Gasteiger charge is -2.49. The number of carbonyl (C=O) groups is 4. The molecule has 0 aromatic heterocycles. The van der Waals surface area contributed by atoms with E-state index >= 15 is 0 Å². The van der Waals surface area contributed by atoms with Crippen molar-refractivity contribution in [3.8, 4) is 11.5 Å². The Morgan fingerprint density at radius 2 is 1.38 bits per heavy atom. The molecule has 6 rings (SSSR count). The van der Waals surface area contributed by atoms with Gasteiger partial charge in [0.2, 0.25) is 0 Å². The van der Waals surface area contributed by atoms with Crippen LogP contribution < -0.4 is 14.8 Å². The van der Waals surface area contributed by atoms with Crippen molar-refractivity contribution in [1.29, 1.82) is 0 Å². The molecule has 0 aliphatic carbocycles. The zero-order chi connectivity index (χ0) is 32.8. The summed E-state index contributed by atoms with van der Waals surface area (Å²) in [6.07, 6.45) is -0.728. The van der Waals surface area contributed by atoms with E-state index in [2.05, 4.69) is 5.32 Å². The number of thioether (sulfide) groups is 1. The Labute approximate surface area is 276 Å². The van der Waals surface area contributed by atoms with Crippen molar-refractivity contribution < 1.29 is 33.4 Å². The number of para-hydroxylation sites is 1. The third-order valence-corrected chi connectivity index (χ3v) is 9.11. The zero-order valence-corrected chi connectivity index (χ0v) is 26.4. The number of ketones is 1. The molecule has 4 aromatic carbocycles. The van der Waals surface area contributed by atoms with Gasteiger partial charge < -0.3 is 19.5 Å². The van der Waals surface area contributed by atoms with E-state index in [9.17, 15) is 19.2 Å². The molecule has 2 amide bonds. The smallest absolute Gasteiger partial charge is 0.356 e.